The van der Waals surface area contributed by atoms with Gasteiger partial charge in [-0.25, -0.2) is 0 Å². The van der Waals surface area contributed by atoms with Gasteiger partial charge in [-0.1, -0.05) is 32.9 Å². The lowest BCUT2D eigenvalue weighted by Crippen LogP contribution is -2.19. The van der Waals surface area contributed by atoms with E-state index >= 15 is 0 Å². The van der Waals surface area contributed by atoms with Gasteiger partial charge in [-0.05, 0) is 42.5 Å². The highest BCUT2D eigenvalue weighted by Crippen LogP contribution is 2.13. The van der Waals surface area contributed by atoms with Crippen molar-refractivity contribution in [1.29, 1.82) is 0 Å². The molecule has 16 heavy (non-hydrogen) atoms. The number of nitrogens with two attached hydrogens (primary N) is 1. The molecule has 0 heterocycles. The first-order chi connectivity index (χ1) is 7.61. The molecule has 2 heteroatoms. The molecule has 0 radical (unpaired) electrons. The van der Waals surface area contributed by atoms with Gasteiger partial charge in [0.1, 0.15) is 0 Å². The Morgan fingerprint density at radius 3 is 2.25 bits per heavy atom. The fraction of sp³-hybridized carbons (Fsp3) is 0.571. The summed E-state index contributed by atoms with van der Waals surface area (Å²) in [5.74, 6) is 1.24. The first-order valence-corrected chi connectivity index (χ1v) is 6.14. The van der Waals surface area contributed by atoms with Gasteiger partial charge in [0.2, 0.25) is 0 Å². The maximum Gasteiger partial charge on any atom is 0.0340 e. The molecule has 90 valence electrons. The minimum absolute atomic E-state index is 0.523. The molecule has 0 aromatic heterocycles. The minimum Gasteiger partial charge on any atom is -0.385 e. The molecule has 1 aromatic rings. The molecule has 3 N–H and O–H groups in total. The van der Waals surface area contributed by atoms with E-state index in [0.29, 0.717) is 5.92 Å². The molecule has 0 saturated carbocycles. The Kier molecular flexibility index (Phi) is 5.33. The van der Waals surface area contributed by atoms with E-state index in [-0.39, 0.29) is 0 Å². The van der Waals surface area contributed by atoms with Gasteiger partial charge in [-0.2, -0.15) is 0 Å². The molecule has 0 aliphatic carbocycles. The standard InChI is InChI=1S/C14H24N2/c1-11(2)8-13-4-6-14(7-5-13)16-10-12(3)9-15/h4-7,11-12,16H,8-10,15H2,1-3H3. The van der Waals surface area contributed by atoms with E-state index in [1.54, 1.807) is 0 Å². The Morgan fingerprint density at radius 1 is 1.12 bits per heavy atom. The van der Waals surface area contributed by atoms with Crippen molar-refractivity contribution in [3.63, 3.8) is 0 Å². The van der Waals surface area contributed by atoms with Gasteiger partial charge in [0.05, 0.1) is 0 Å². The predicted octanol–water partition coefficient (Wildman–Crippen LogP) is 2.89. The van der Waals surface area contributed by atoms with Crippen LogP contribution in [0.4, 0.5) is 5.69 Å². The number of hydrogen-bond donors (Lipinski definition) is 2. The largest absolute Gasteiger partial charge is 0.385 e. The molecule has 0 amide bonds. The van der Waals surface area contributed by atoms with Gasteiger partial charge in [0, 0.05) is 12.2 Å². The van der Waals surface area contributed by atoms with E-state index in [4.69, 9.17) is 5.73 Å². The van der Waals surface area contributed by atoms with Crippen LogP contribution in [-0.4, -0.2) is 13.1 Å². The van der Waals surface area contributed by atoms with E-state index in [0.717, 1.165) is 25.4 Å². The van der Waals surface area contributed by atoms with Crippen molar-refractivity contribution in [3.05, 3.63) is 29.8 Å². The second kappa shape index (κ2) is 6.54. The number of nitrogens with one attached hydrogen (secondary N) is 1. The lowest BCUT2D eigenvalue weighted by atomic mass is 10.0. The zero-order chi connectivity index (χ0) is 12.0. The molecular weight excluding hydrogens is 196 g/mol. The third-order valence-corrected chi connectivity index (χ3v) is 2.65. The molecule has 0 aliphatic heterocycles. The number of benzene rings is 1. The van der Waals surface area contributed by atoms with Crippen molar-refractivity contribution in [1.82, 2.24) is 0 Å². The van der Waals surface area contributed by atoms with Crippen molar-refractivity contribution in [2.45, 2.75) is 27.2 Å². The van der Waals surface area contributed by atoms with Crippen LogP contribution in [0.2, 0.25) is 0 Å². The Labute approximate surface area is 99.2 Å². The Morgan fingerprint density at radius 2 is 1.75 bits per heavy atom. The third kappa shape index (κ3) is 4.67. The maximum absolute atomic E-state index is 5.58. The average Bonchev–Trinajstić information content (AvgIpc) is 2.27. The van der Waals surface area contributed by atoms with Crippen LogP contribution in [0.3, 0.4) is 0 Å². The van der Waals surface area contributed by atoms with Crippen molar-refractivity contribution in [2.75, 3.05) is 18.4 Å². The maximum atomic E-state index is 5.58. The van der Waals surface area contributed by atoms with Gasteiger partial charge in [-0.3, -0.25) is 0 Å². The summed E-state index contributed by atoms with van der Waals surface area (Å²) in [6.45, 7) is 8.32. The summed E-state index contributed by atoms with van der Waals surface area (Å²) in [5.41, 5.74) is 8.17. The first-order valence-electron chi connectivity index (χ1n) is 6.14. The summed E-state index contributed by atoms with van der Waals surface area (Å²) in [4.78, 5) is 0. The SMILES string of the molecule is CC(C)Cc1ccc(NCC(C)CN)cc1. The lowest BCUT2D eigenvalue weighted by Gasteiger charge is -2.12. The molecule has 0 fully saturated rings. The highest BCUT2D eigenvalue weighted by Gasteiger charge is 2.00. The number of rotatable bonds is 6. The molecule has 0 aliphatic rings. The number of hydrogen-bond acceptors (Lipinski definition) is 2. The molecule has 0 spiro atoms. The predicted molar refractivity (Wildman–Crippen MR) is 71.7 cm³/mol. The van der Waals surface area contributed by atoms with E-state index < -0.39 is 0 Å². The van der Waals surface area contributed by atoms with Gasteiger partial charge < -0.3 is 11.1 Å². The summed E-state index contributed by atoms with van der Waals surface area (Å²) in [6, 6.07) is 8.72. The summed E-state index contributed by atoms with van der Waals surface area (Å²) in [6.07, 6.45) is 1.15. The van der Waals surface area contributed by atoms with Crippen molar-refractivity contribution in [3.8, 4) is 0 Å². The molecule has 1 atom stereocenters. The van der Waals surface area contributed by atoms with Crippen LogP contribution in [0, 0.1) is 11.8 Å². The monoisotopic (exact) mass is 220 g/mol. The first kappa shape index (κ1) is 13.0. The van der Waals surface area contributed by atoms with E-state index in [1.165, 1.54) is 11.3 Å². The second-order valence-corrected chi connectivity index (χ2v) is 5.02. The summed E-state index contributed by atoms with van der Waals surface area (Å²) < 4.78 is 0. The van der Waals surface area contributed by atoms with E-state index in [1.807, 2.05) is 0 Å². The van der Waals surface area contributed by atoms with Gasteiger partial charge in [0.15, 0.2) is 0 Å². The van der Waals surface area contributed by atoms with Gasteiger partial charge in [0.25, 0.3) is 0 Å². The van der Waals surface area contributed by atoms with Crippen LogP contribution < -0.4 is 11.1 Å². The molecular formula is C14H24N2. The lowest BCUT2D eigenvalue weighted by molar-refractivity contribution is 0.628. The normalized spacial score (nSPS) is 12.8. The van der Waals surface area contributed by atoms with Crippen LogP contribution in [-0.2, 0) is 6.42 Å². The molecule has 0 saturated heterocycles. The van der Waals surface area contributed by atoms with Gasteiger partial charge in [-0.15, -0.1) is 0 Å². The molecule has 1 rings (SSSR count). The van der Waals surface area contributed by atoms with Crippen LogP contribution in [0.25, 0.3) is 0 Å². The fourth-order valence-electron chi connectivity index (χ4n) is 1.61. The Balaban J connectivity index is 2.45. The second-order valence-electron chi connectivity index (χ2n) is 5.02. The van der Waals surface area contributed by atoms with Crippen LogP contribution >= 0.6 is 0 Å². The van der Waals surface area contributed by atoms with Gasteiger partial charge >= 0.3 is 0 Å². The summed E-state index contributed by atoms with van der Waals surface area (Å²) in [7, 11) is 0. The third-order valence-electron chi connectivity index (χ3n) is 2.65. The highest BCUT2D eigenvalue weighted by molar-refractivity contribution is 5.44. The molecule has 2 nitrogen and oxygen atoms in total. The van der Waals surface area contributed by atoms with Crippen molar-refractivity contribution >= 4 is 5.69 Å². The van der Waals surface area contributed by atoms with Crippen LogP contribution in [0.5, 0.6) is 0 Å². The number of anilines is 1. The summed E-state index contributed by atoms with van der Waals surface area (Å²) >= 11 is 0. The van der Waals surface area contributed by atoms with E-state index in [9.17, 15) is 0 Å². The quantitative estimate of drug-likeness (QED) is 0.773. The Hall–Kier alpha value is -1.02. The minimum atomic E-state index is 0.523. The van der Waals surface area contributed by atoms with Crippen LogP contribution in [0.15, 0.2) is 24.3 Å². The molecule has 0 bridgehead atoms. The summed E-state index contributed by atoms with van der Waals surface area (Å²) in [5, 5.41) is 3.40. The topological polar surface area (TPSA) is 38.0 Å². The fourth-order valence-corrected chi connectivity index (χ4v) is 1.61. The molecule has 1 aromatic carbocycles. The van der Waals surface area contributed by atoms with Crippen molar-refractivity contribution < 1.29 is 0 Å². The Bertz CT molecular complexity index is 290. The van der Waals surface area contributed by atoms with E-state index in [2.05, 4.69) is 50.4 Å². The molecule has 1 unspecified atom stereocenters. The zero-order valence-electron chi connectivity index (χ0n) is 10.7. The highest BCUT2D eigenvalue weighted by atomic mass is 14.9. The van der Waals surface area contributed by atoms with Crippen molar-refractivity contribution in [2.24, 2.45) is 17.6 Å². The smallest absolute Gasteiger partial charge is 0.0340 e. The average molecular weight is 220 g/mol. The van der Waals surface area contributed by atoms with Crippen LogP contribution in [0.1, 0.15) is 26.3 Å². The zero-order valence-corrected chi connectivity index (χ0v) is 10.7.